The fraction of sp³-hybridized carbons (Fsp3) is 0.316. The zero-order valence-electron chi connectivity index (χ0n) is 13.7. The van der Waals surface area contributed by atoms with Crippen molar-refractivity contribution in [3.8, 4) is 5.75 Å². The molecule has 24 heavy (non-hydrogen) atoms. The van der Waals surface area contributed by atoms with Crippen LogP contribution in [0.3, 0.4) is 0 Å². The summed E-state index contributed by atoms with van der Waals surface area (Å²) in [5.74, 6) is 0.633. The summed E-state index contributed by atoms with van der Waals surface area (Å²) < 4.78 is 11.3. The van der Waals surface area contributed by atoms with Crippen LogP contribution < -0.4 is 10.1 Å². The summed E-state index contributed by atoms with van der Waals surface area (Å²) in [5, 5.41) is 2.95. The monoisotopic (exact) mass is 343 g/mol. The van der Waals surface area contributed by atoms with Gasteiger partial charge in [-0.25, -0.2) is 0 Å². The number of rotatable bonds is 6. The van der Waals surface area contributed by atoms with Crippen LogP contribution in [0.25, 0.3) is 0 Å². The molecular formula is C19H21NO3S. The quantitative estimate of drug-likeness (QED) is 0.798. The molecule has 1 saturated heterocycles. The highest BCUT2D eigenvalue weighted by Gasteiger charge is 2.16. The Hall–Kier alpha value is -1.98. The number of carbonyl (C=O) groups is 1. The summed E-state index contributed by atoms with van der Waals surface area (Å²) in [6.07, 6.45) is 4.33. The van der Waals surface area contributed by atoms with Gasteiger partial charge in [0.25, 0.3) is 5.91 Å². The number of ether oxygens (including phenoxy) is 2. The lowest BCUT2D eigenvalue weighted by atomic mass is 10.2. The Morgan fingerprint density at radius 1 is 1.25 bits per heavy atom. The normalized spacial score (nSPS) is 16.8. The van der Waals surface area contributed by atoms with Crippen molar-refractivity contribution in [1.82, 2.24) is 0 Å². The van der Waals surface area contributed by atoms with Gasteiger partial charge in [-0.3, -0.25) is 4.79 Å². The van der Waals surface area contributed by atoms with E-state index >= 15 is 0 Å². The third kappa shape index (κ3) is 4.30. The molecule has 126 valence electrons. The van der Waals surface area contributed by atoms with Crippen molar-refractivity contribution in [2.75, 3.05) is 24.8 Å². The Bertz CT molecular complexity index is 681. The van der Waals surface area contributed by atoms with Crippen LogP contribution in [-0.2, 0) is 4.74 Å². The lowest BCUT2D eigenvalue weighted by Crippen LogP contribution is -2.16. The van der Waals surface area contributed by atoms with Crippen LogP contribution in [0, 0.1) is 0 Å². The average molecular weight is 343 g/mol. The third-order valence-corrected chi connectivity index (χ3v) is 4.73. The first-order valence-electron chi connectivity index (χ1n) is 8.05. The maximum absolute atomic E-state index is 12.4. The molecule has 0 bridgehead atoms. The molecule has 2 aromatic carbocycles. The summed E-state index contributed by atoms with van der Waals surface area (Å²) in [6, 6.07) is 15.0. The molecule has 0 saturated carbocycles. The van der Waals surface area contributed by atoms with Gasteiger partial charge in [0.1, 0.15) is 12.4 Å². The fourth-order valence-corrected chi connectivity index (χ4v) is 3.16. The Labute approximate surface area is 146 Å². The van der Waals surface area contributed by atoms with Crippen LogP contribution in [0.15, 0.2) is 53.4 Å². The smallest absolute Gasteiger partial charge is 0.255 e. The molecule has 0 spiro atoms. The number of benzene rings is 2. The van der Waals surface area contributed by atoms with Crippen molar-refractivity contribution in [1.29, 1.82) is 0 Å². The molecule has 1 atom stereocenters. The largest absolute Gasteiger partial charge is 0.491 e. The maximum Gasteiger partial charge on any atom is 0.255 e. The molecular weight excluding hydrogens is 322 g/mol. The highest BCUT2D eigenvalue weighted by Crippen LogP contribution is 2.25. The Morgan fingerprint density at radius 3 is 2.75 bits per heavy atom. The first-order valence-corrected chi connectivity index (χ1v) is 9.27. The number of para-hydroxylation sites is 1. The van der Waals surface area contributed by atoms with Gasteiger partial charge >= 0.3 is 0 Å². The number of anilines is 1. The highest BCUT2D eigenvalue weighted by atomic mass is 32.2. The summed E-state index contributed by atoms with van der Waals surface area (Å²) >= 11 is 1.61. The Kier molecular flexibility index (Phi) is 5.77. The van der Waals surface area contributed by atoms with Gasteiger partial charge in [0.2, 0.25) is 0 Å². The maximum atomic E-state index is 12.4. The van der Waals surface area contributed by atoms with Gasteiger partial charge in [-0.05, 0) is 55.5 Å². The Morgan fingerprint density at radius 2 is 2.04 bits per heavy atom. The molecule has 0 aromatic heterocycles. The summed E-state index contributed by atoms with van der Waals surface area (Å²) in [6.45, 7) is 1.39. The predicted octanol–water partition coefficient (Wildman–Crippen LogP) is 4.22. The van der Waals surface area contributed by atoms with Crippen LogP contribution in [0.1, 0.15) is 23.2 Å². The van der Waals surface area contributed by atoms with Gasteiger partial charge in [0.15, 0.2) is 0 Å². The van der Waals surface area contributed by atoms with Crippen LogP contribution in [-0.4, -0.2) is 31.5 Å². The number of nitrogens with one attached hydrogen (secondary N) is 1. The van der Waals surface area contributed by atoms with Crippen LogP contribution in [0.5, 0.6) is 5.75 Å². The van der Waals surface area contributed by atoms with Crippen LogP contribution >= 0.6 is 11.8 Å². The zero-order chi connectivity index (χ0) is 16.8. The molecule has 1 heterocycles. The van der Waals surface area contributed by atoms with E-state index in [1.807, 2.05) is 42.7 Å². The number of hydrogen-bond acceptors (Lipinski definition) is 4. The number of thioether (sulfide) groups is 1. The standard InChI is InChI=1S/C19H21NO3S/c1-24-18-7-3-2-6-17(18)20-19(21)14-8-10-15(11-9-14)23-13-16-5-4-12-22-16/h2-3,6-11,16H,4-5,12-13H2,1H3,(H,20,21). The molecule has 2 aromatic rings. The van der Waals surface area contributed by atoms with Gasteiger partial charge in [-0.1, -0.05) is 12.1 Å². The van der Waals surface area contributed by atoms with Crippen molar-refractivity contribution in [2.45, 2.75) is 23.8 Å². The van der Waals surface area contributed by atoms with Gasteiger partial charge in [-0.15, -0.1) is 11.8 Å². The zero-order valence-corrected chi connectivity index (χ0v) is 14.5. The molecule has 1 unspecified atom stereocenters. The minimum atomic E-state index is -0.123. The average Bonchev–Trinajstić information content (AvgIpc) is 3.14. The summed E-state index contributed by atoms with van der Waals surface area (Å²) in [7, 11) is 0. The molecule has 1 aliphatic rings. The van der Waals surface area contributed by atoms with E-state index in [4.69, 9.17) is 9.47 Å². The second-order valence-corrected chi connectivity index (χ2v) is 6.47. The molecule has 0 aliphatic carbocycles. The van der Waals surface area contributed by atoms with Crippen molar-refractivity contribution >= 4 is 23.4 Å². The number of carbonyl (C=O) groups excluding carboxylic acids is 1. The predicted molar refractivity (Wildman–Crippen MR) is 97.1 cm³/mol. The summed E-state index contributed by atoms with van der Waals surface area (Å²) in [5.41, 5.74) is 1.43. The van der Waals surface area contributed by atoms with Gasteiger partial charge < -0.3 is 14.8 Å². The number of amides is 1. The SMILES string of the molecule is CSc1ccccc1NC(=O)c1ccc(OCC2CCCO2)cc1. The molecule has 3 rings (SSSR count). The molecule has 1 amide bonds. The van der Waals surface area contributed by atoms with E-state index in [0.29, 0.717) is 12.2 Å². The van der Waals surface area contributed by atoms with E-state index in [1.165, 1.54) is 0 Å². The molecule has 5 heteroatoms. The molecule has 1 aliphatic heterocycles. The molecule has 0 radical (unpaired) electrons. The van der Waals surface area contributed by atoms with E-state index in [0.717, 1.165) is 35.8 Å². The van der Waals surface area contributed by atoms with E-state index in [1.54, 1.807) is 23.9 Å². The second-order valence-electron chi connectivity index (χ2n) is 5.62. The van der Waals surface area contributed by atoms with E-state index in [2.05, 4.69) is 5.32 Å². The van der Waals surface area contributed by atoms with Crippen LogP contribution in [0.2, 0.25) is 0 Å². The number of hydrogen-bond donors (Lipinski definition) is 1. The minimum Gasteiger partial charge on any atom is -0.491 e. The fourth-order valence-electron chi connectivity index (χ4n) is 2.61. The van der Waals surface area contributed by atoms with E-state index in [-0.39, 0.29) is 12.0 Å². The van der Waals surface area contributed by atoms with Crippen molar-refractivity contribution in [3.63, 3.8) is 0 Å². The van der Waals surface area contributed by atoms with Crippen molar-refractivity contribution in [2.24, 2.45) is 0 Å². The highest BCUT2D eigenvalue weighted by molar-refractivity contribution is 7.98. The van der Waals surface area contributed by atoms with Gasteiger partial charge in [0.05, 0.1) is 11.8 Å². The van der Waals surface area contributed by atoms with E-state index in [9.17, 15) is 4.79 Å². The second kappa shape index (κ2) is 8.22. The summed E-state index contributed by atoms with van der Waals surface area (Å²) in [4.78, 5) is 13.4. The first kappa shape index (κ1) is 16.9. The van der Waals surface area contributed by atoms with Crippen molar-refractivity contribution < 1.29 is 14.3 Å². The lowest BCUT2D eigenvalue weighted by Gasteiger charge is -2.12. The van der Waals surface area contributed by atoms with E-state index < -0.39 is 0 Å². The Balaban J connectivity index is 1.59. The van der Waals surface area contributed by atoms with Crippen LogP contribution in [0.4, 0.5) is 5.69 Å². The molecule has 4 nitrogen and oxygen atoms in total. The van der Waals surface area contributed by atoms with Gasteiger partial charge in [0, 0.05) is 17.1 Å². The topological polar surface area (TPSA) is 47.6 Å². The minimum absolute atomic E-state index is 0.123. The lowest BCUT2D eigenvalue weighted by molar-refractivity contribution is 0.0679. The first-order chi connectivity index (χ1) is 11.8. The third-order valence-electron chi connectivity index (χ3n) is 3.93. The van der Waals surface area contributed by atoms with Crippen molar-refractivity contribution in [3.05, 3.63) is 54.1 Å². The van der Waals surface area contributed by atoms with Gasteiger partial charge in [-0.2, -0.15) is 0 Å². The molecule has 1 fully saturated rings. The molecule has 1 N–H and O–H groups in total.